The van der Waals surface area contributed by atoms with E-state index in [1.165, 1.54) is 0 Å². The molecule has 0 aliphatic carbocycles. The molecule has 2 heterocycles. The SMILES string of the molecule is Cl.O=C(O)C1CCc2cnccc2N1. The molecular formula is C9H11ClN2O2. The number of carboxylic acid groups (broad SMARTS) is 1. The first-order valence-electron chi connectivity index (χ1n) is 4.19. The summed E-state index contributed by atoms with van der Waals surface area (Å²) >= 11 is 0. The predicted molar refractivity (Wildman–Crippen MR) is 54.9 cm³/mol. The van der Waals surface area contributed by atoms with Gasteiger partial charge in [0.1, 0.15) is 6.04 Å². The van der Waals surface area contributed by atoms with Crippen LogP contribution in [0.15, 0.2) is 18.5 Å². The van der Waals surface area contributed by atoms with Crippen LogP contribution in [0.1, 0.15) is 12.0 Å². The number of rotatable bonds is 1. The second-order valence-electron chi connectivity index (χ2n) is 3.11. The number of hydrogen-bond donors (Lipinski definition) is 2. The van der Waals surface area contributed by atoms with Gasteiger partial charge in [-0.2, -0.15) is 0 Å². The van der Waals surface area contributed by atoms with Crippen LogP contribution in [0.3, 0.4) is 0 Å². The van der Waals surface area contributed by atoms with Crippen molar-refractivity contribution in [3.05, 3.63) is 24.0 Å². The first kappa shape index (κ1) is 10.8. The number of halogens is 1. The van der Waals surface area contributed by atoms with E-state index in [1.807, 2.05) is 6.07 Å². The number of aromatic nitrogens is 1. The summed E-state index contributed by atoms with van der Waals surface area (Å²) < 4.78 is 0. The average Bonchev–Trinajstić information content (AvgIpc) is 2.17. The number of aryl methyl sites for hydroxylation is 1. The molecule has 1 aliphatic heterocycles. The van der Waals surface area contributed by atoms with Crippen LogP contribution in [0.25, 0.3) is 0 Å². The van der Waals surface area contributed by atoms with Crippen LogP contribution in [-0.2, 0) is 11.2 Å². The maximum atomic E-state index is 10.7. The highest BCUT2D eigenvalue weighted by Gasteiger charge is 2.22. The summed E-state index contributed by atoms with van der Waals surface area (Å²) in [4.78, 5) is 14.7. The summed E-state index contributed by atoms with van der Waals surface area (Å²) in [5.74, 6) is -0.789. The van der Waals surface area contributed by atoms with Gasteiger partial charge in [0, 0.05) is 18.1 Å². The molecule has 2 rings (SSSR count). The zero-order valence-corrected chi connectivity index (χ0v) is 8.25. The van der Waals surface area contributed by atoms with Crippen molar-refractivity contribution in [3.63, 3.8) is 0 Å². The largest absolute Gasteiger partial charge is 0.480 e. The van der Waals surface area contributed by atoms with Crippen LogP contribution in [0.4, 0.5) is 5.69 Å². The molecule has 0 spiro atoms. The molecular weight excluding hydrogens is 204 g/mol. The molecule has 2 N–H and O–H groups in total. The normalized spacial score (nSPS) is 18.7. The van der Waals surface area contributed by atoms with Crippen LogP contribution in [0, 0.1) is 0 Å². The third kappa shape index (κ3) is 1.96. The lowest BCUT2D eigenvalue weighted by Gasteiger charge is -2.23. The van der Waals surface area contributed by atoms with Crippen molar-refractivity contribution < 1.29 is 9.90 Å². The van der Waals surface area contributed by atoms with Crippen LogP contribution in [-0.4, -0.2) is 22.1 Å². The maximum Gasteiger partial charge on any atom is 0.326 e. The lowest BCUT2D eigenvalue weighted by Crippen LogP contribution is -2.33. The Balaban J connectivity index is 0.000000980. The Labute approximate surface area is 87.8 Å². The van der Waals surface area contributed by atoms with Crippen LogP contribution >= 0.6 is 12.4 Å². The standard InChI is InChI=1S/C9H10N2O2.ClH/c12-9(13)8-2-1-6-5-10-4-3-7(6)11-8;/h3-5,8,11H,1-2H2,(H,12,13);1H. The topological polar surface area (TPSA) is 62.2 Å². The first-order chi connectivity index (χ1) is 6.27. The van der Waals surface area contributed by atoms with E-state index in [0.717, 1.165) is 17.7 Å². The number of aliphatic carboxylic acids is 1. The number of anilines is 1. The van der Waals surface area contributed by atoms with Crippen LogP contribution in [0.5, 0.6) is 0 Å². The Bertz CT molecular complexity index is 343. The second kappa shape index (κ2) is 4.28. The molecule has 1 aliphatic rings. The number of nitrogens with zero attached hydrogens (tertiary/aromatic N) is 1. The number of hydrogen-bond acceptors (Lipinski definition) is 3. The third-order valence-corrected chi connectivity index (χ3v) is 2.23. The van der Waals surface area contributed by atoms with Crippen molar-refractivity contribution in [2.75, 3.05) is 5.32 Å². The van der Waals surface area contributed by atoms with Crippen molar-refractivity contribution >= 4 is 24.1 Å². The van der Waals surface area contributed by atoms with E-state index in [2.05, 4.69) is 10.3 Å². The van der Waals surface area contributed by atoms with Gasteiger partial charge in [-0.1, -0.05) is 0 Å². The summed E-state index contributed by atoms with van der Waals surface area (Å²) in [7, 11) is 0. The minimum absolute atomic E-state index is 0. The first-order valence-corrected chi connectivity index (χ1v) is 4.19. The summed E-state index contributed by atoms with van der Waals surface area (Å²) in [6.45, 7) is 0. The monoisotopic (exact) mass is 214 g/mol. The minimum atomic E-state index is -0.789. The molecule has 14 heavy (non-hydrogen) atoms. The Hall–Kier alpha value is -1.29. The highest BCUT2D eigenvalue weighted by Crippen LogP contribution is 2.23. The molecule has 4 nitrogen and oxygen atoms in total. The summed E-state index contributed by atoms with van der Waals surface area (Å²) in [6.07, 6.45) is 4.86. The fraction of sp³-hybridized carbons (Fsp3) is 0.333. The summed E-state index contributed by atoms with van der Waals surface area (Å²) in [5.41, 5.74) is 1.99. The van der Waals surface area contributed by atoms with E-state index in [-0.39, 0.29) is 12.4 Å². The fourth-order valence-corrected chi connectivity index (χ4v) is 1.51. The van der Waals surface area contributed by atoms with Crippen molar-refractivity contribution in [3.8, 4) is 0 Å². The molecule has 0 aromatic carbocycles. The van der Waals surface area contributed by atoms with E-state index in [1.54, 1.807) is 12.4 Å². The van der Waals surface area contributed by atoms with Crippen molar-refractivity contribution in [2.45, 2.75) is 18.9 Å². The maximum absolute atomic E-state index is 10.7. The molecule has 0 radical (unpaired) electrons. The Morgan fingerprint density at radius 2 is 2.43 bits per heavy atom. The van der Waals surface area contributed by atoms with Gasteiger partial charge in [-0.3, -0.25) is 4.98 Å². The molecule has 5 heteroatoms. The zero-order valence-electron chi connectivity index (χ0n) is 7.43. The van der Waals surface area contributed by atoms with E-state index in [0.29, 0.717) is 6.42 Å². The lowest BCUT2D eigenvalue weighted by molar-refractivity contribution is -0.138. The molecule has 1 aromatic rings. The molecule has 0 saturated carbocycles. The second-order valence-corrected chi connectivity index (χ2v) is 3.11. The highest BCUT2D eigenvalue weighted by atomic mass is 35.5. The van der Waals surface area contributed by atoms with E-state index in [9.17, 15) is 4.79 Å². The van der Waals surface area contributed by atoms with Crippen LogP contribution < -0.4 is 5.32 Å². The van der Waals surface area contributed by atoms with Gasteiger partial charge in [-0.05, 0) is 24.5 Å². The van der Waals surface area contributed by atoms with Gasteiger partial charge in [0.2, 0.25) is 0 Å². The van der Waals surface area contributed by atoms with E-state index < -0.39 is 12.0 Å². The molecule has 0 saturated heterocycles. The fourth-order valence-electron chi connectivity index (χ4n) is 1.51. The van der Waals surface area contributed by atoms with Gasteiger partial charge in [-0.15, -0.1) is 12.4 Å². The van der Waals surface area contributed by atoms with E-state index in [4.69, 9.17) is 5.11 Å². The number of nitrogens with one attached hydrogen (secondary N) is 1. The van der Waals surface area contributed by atoms with Crippen molar-refractivity contribution in [2.24, 2.45) is 0 Å². The number of fused-ring (bicyclic) bond motifs is 1. The quantitative estimate of drug-likeness (QED) is 0.740. The van der Waals surface area contributed by atoms with Crippen molar-refractivity contribution in [1.82, 2.24) is 4.98 Å². The average molecular weight is 215 g/mol. The molecule has 0 bridgehead atoms. The summed E-state index contributed by atoms with van der Waals surface area (Å²) in [6, 6.07) is 1.36. The van der Waals surface area contributed by atoms with Gasteiger partial charge >= 0.3 is 5.97 Å². The van der Waals surface area contributed by atoms with Gasteiger partial charge < -0.3 is 10.4 Å². The van der Waals surface area contributed by atoms with Gasteiger partial charge in [-0.25, -0.2) is 4.79 Å². The van der Waals surface area contributed by atoms with Crippen LogP contribution in [0.2, 0.25) is 0 Å². The smallest absolute Gasteiger partial charge is 0.326 e. The Morgan fingerprint density at radius 1 is 1.64 bits per heavy atom. The summed E-state index contributed by atoms with van der Waals surface area (Å²) in [5, 5.41) is 11.7. The molecule has 1 unspecified atom stereocenters. The minimum Gasteiger partial charge on any atom is -0.480 e. The molecule has 76 valence electrons. The number of carboxylic acids is 1. The third-order valence-electron chi connectivity index (χ3n) is 2.23. The molecule has 1 atom stereocenters. The highest BCUT2D eigenvalue weighted by molar-refractivity contribution is 5.85. The van der Waals surface area contributed by atoms with Crippen molar-refractivity contribution in [1.29, 1.82) is 0 Å². The number of carbonyl (C=O) groups is 1. The van der Waals surface area contributed by atoms with Gasteiger partial charge in [0.05, 0.1) is 0 Å². The Morgan fingerprint density at radius 3 is 3.14 bits per heavy atom. The van der Waals surface area contributed by atoms with Gasteiger partial charge in [0.15, 0.2) is 0 Å². The zero-order chi connectivity index (χ0) is 9.26. The molecule has 1 aromatic heterocycles. The lowest BCUT2D eigenvalue weighted by atomic mass is 10.0. The molecule has 0 amide bonds. The predicted octanol–water partition coefficient (Wildman–Crippen LogP) is 1.31. The van der Waals surface area contributed by atoms with E-state index >= 15 is 0 Å². The number of pyridine rings is 1. The van der Waals surface area contributed by atoms with Gasteiger partial charge in [0.25, 0.3) is 0 Å². The molecule has 0 fully saturated rings. The Kier molecular flexibility index (Phi) is 3.30.